The van der Waals surface area contributed by atoms with Crippen LogP contribution >= 0.6 is 0 Å². The van der Waals surface area contributed by atoms with E-state index in [1.807, 2.05) is 6.07 Å². The Morgan fingerprint density at radius 2 is 1.86 bits per heavy atom. The van der Waals surface area contributed by atoms with Gasteiger partial charge in [0.2, 0.25) is 0 Å². The minimum absolute atomic E-state index is 0.110. The molecular weight excluding hydrogens is 449 g/mol. The number of rotatable bonds is 6. The fraction of sp³-hybridized carbons (Fsp3) is 0.500. The number of aliphatic carboxylic acids is 1. The Labute approximate surface area is 205 Å². The molecule has 3 atom stereocenters. The number of benzene rings is 2. The summed E-state index contributed by atoms with van der Waals surface area (Å²) in [7, 11) is 0. The average molecular weight is 482 g/mol. The van der Waals surface area contributed by atoms with Gasteiger partial charge in [0.15, 0.2) is 0 Å². The first-order valence-corrected chi connectivity index (χ1v) is 12.6. The van der Waals surface area contributed by atoms with E-state index in [1.54, 1.807) is 12.1 Å². The van der Waals surface area contributed by atoms with Crippen LogP contribution in [0.2, 0.25) is 0 Å². The lowest BCUT2D eigenvalue weighted by molar-refractivity contribution is -0.164. The van der Waals surface area contributed by atoms with Gasteiger partial charge in [-0.2, -0.15) is 0 Å². The van der Waals surface area contributed by atoms with Crippen molar-refractivity contribution in [2.45, 2.75) is 56.7 Å². The Bertz CT molecular complexity index is 1080. The molecule has 0 radical (unpaired) electrons. The molecule has 2 aromatic rings. The molecule has 1 aliphatic carbocycles. The standard InChI is InChI=1S/C28H32FNO5/c29-21-8-7-20-14-19-5-1-2-6-23(19)25-16-22(35-26(25)24(20)15-21)17-30-11-9-18(10-12-30)4-3-13-34-28(33)27(31)32/h1-2,5-8,15,18,22,25-26H,3-4,9-14,16-17H2,(H,31,32). The second-order valence-electron chi connectivity index (χ2n) is 10.1. The van der Waals surface area contributed by atoms with E-state index < -0.39 is 11.9 Å². The number of esters is 1. The number of ether oxygens (including phenoxy) is 2. The van der Waals surface area contributed by atoms with E-state index in [2.05, 4.69) is 29.2 Å². The molecule has 1 N–H and O–H groups in total. The summed E-state index contributed by atoms with van der Waals surface area (Å²) in [5.41, 5.74) is 4.80. The summed E-state index contributed by atoms with van der Waals surface area (Å²) in [5, 5.41) is 8.56. The summed E-state index contributed by atoms with van der Waals surface area (Å²) < 4.78 is 25.5. The molecule has 0 bridgehead atoms. The number of carboxylic acids is 1. The third kappa shape index (κ3) is 5.41. The van der Waals surface area contributed by atoms with Crippen molar-refractivity contribution in [2.75, 3.05) is 26.2 Å². The molecule has 7 heteroatoms. The Balaban J connectivity index is 1.17. The van der Waals surface area contributed by atoms with Crippen molar-refractivity contribution in [2.24, 2.45) is 5.92 Å². The summed E-state index contributed by atoms with van der Waals surface area (Å²) in [6.07, 6.45) is 5.52. The summed E-state index contributed by atoms with van der Waals surface area (Å²) in [5.74, 6) is -2.13. The van der Waals surface area contributed by atoms with Crippen LogP contribution in [0.25, 0.3) is 0 Å². The normalized spacial score (nSPS) is 24.2. The second-order valence-corrected chi connectivity index (χ2v) is 10.1. The van der Waals surface area contributed by atoms with Crippen molar-refractivity contribution in [1.82, 2.24) is 4.90 Å². The zero-order valence-corrected chi connectivity index (χ0v) is 19.8. The van der Waals surface area contributed by atoms with E-state index in [-0.39, 0.29) is 30.5 Å². The van der Waals surface area contributed by atoms with E-state index in [4.69, 9.17) is 14.6 Å². The van der Waals surface area contributed by atoms with Crippen molar-refractivity contribution in [3.8, 4) is 0 Å². The van der Waals surface area contributed by atoms with Crippen molar-refractivity contribution >= 4 is 11.9 Å². The van der Waals surface area contributed by atoms with Gasteiger partial charge < -0.3 is 19.5 Å². The van der Waals surface area contributed by atoms with Gasteiger partial charge in [-0.3, -0.25) is 0 Å². The average Bonchev–Trinajstić information content (AvgIpc) is 3.22. The molecule has 2 aromatic carbocycles. The molecule has 3 aliphatic rings. The number of piperidine rings is 1. The first-order chi connectivity index (χ1) is 17.0. The van der Waals surface area contributed by atoms with Crippen LogP contribution in [0.1, 0.15) is 66.4 Å². The molecule has 186 valence electrons. The van der Waals surface area contributed by atoms with Crippen LogP contribution in [0.3, 0.4) is 0 Å². The molecule has 6 nitrogen and oxygen atoms in total. The summed E-state index contributed by atoms with van der Waals surface area (Å²) in [6, 6.07) is 13.7. The Kier molecular flexibility index (Phi) is 7.16. The van der Waals surface area contributed by atoms with Gasteiger partial charge in [0.05, 0.1) is 18.8 Å². The molecule has 2 saturated heterocycles. The van der Waals surface area contributed by atoms with E-state index in [9.17, 15) is 14.0 Å². The Hall–Kier alpha value is -2.77. The molecule has 0 aromatic heterocycles. The van der Waals surface area contributed by atoms with Crippen LogP contribution in [0.15, 0.2) is 42.5 Å². The zero-order chi connectivity index (χ0) is 24.4. The van der Waals surface area contributed by atoms with Gasteiger partial charge in [0.25, 0.3) is 0 Å². The van der Waals surface area contributed by atoms with Crippen LogP contribution in [0.5, 0.6) is 0 Å². The van der Waals surface area contributed by atoms with Crippen LogP contribution < -0.4 is 0 Å². The van der Waals surface area contributed by atoms with Crippen LogP contribution in [0, 0.1) is 11.7 Å². The zero-order valence-electron chi connectivity index (χ0n) is 19.8. The molecule has 35 heavy (non-hydrogen) atoms. The van der Waals surface area contributed by atoms with E-state index in [0.717, 1.165) is 62.9 Å². The predicted molar refractivity (Wildman–Crippen MR) is 128 cm³/mol. The molecular formula is C28H32FNO5. The minimum Gasteiger partial charge on any atom is -0.473 e. The maximum atomic E-state index is 14.2. The number of likely N-dealkylation sites (tertiary alicyclic amines) is 1. The Morgan fingerprint density at radius 3 is 2.66 bits per heavy atom. The number of halogens is 1. The highest BCUT2D eigenvalue weighted by molar-refractivity contribution is 6.28. The molecule has 0 saturated carbocycles. The lowest BCUT2D eigenvalue weighted by atomic mass is 9.87. The van der Waals surface area contributed by atoms with Crippen LogP contribution in [0.4, 0.5) is 4.39 Å². The minimum atomic E-state index is -1.54. The molecule has 2 fully saturated rings. The van der Waals surface area contributed by atoms with Gasteiger partial charge in [-0.15, -0.1) is 0 Å². The summed E-state index contributed by atoms with van der Waals surface area (Å²) >= 11 is 0. The second kappa shape index (κ2) is 10.5. The number of carbonyl (C=O) groups excluding carboxylic acids is 1. The first-order valence-electron chi connectivity index (χ1n) is 12.6. The monoisotopic (exact) mass is 481 g/mol. The lowest BCUT2D eigenvalue weighted by Crippen LogP contribution is -2.38. The molecule has 3 unspecified atom stereocenters. The maximum Gasteiger partial charge on any atom is 0.417 e. The largest absolute Gasteiger partial charge is 0.473 e. The third-order valence-electron chi connectivity index (χ3n) is 7.80. The van der Waals surface area contributed by atoms with Gasteiger partial charge in [-0.1, -0.05) is 30.3 Å². The van der Waals surface area contributed by atoms with E-state index >= 15 is 0 Å². The van der Waals surface area contributed by atoms with Gasteiger partial charge in [0.1, 0.15) is 5.82 Å². The van der Waals surface area contributed by atoms with Crippen molar-refractivity contribution in [3.05, 3.63) is 70.5 Å². The topological polar surface area (TPSA) is 76.1 Å². The molecule has 2 aliphatic heterocycles. The quantitative estimate of drug-likeness (QED) is 0.373. The molecule has 0 amide bonds. The number of hydrogen-bond acceptors (Lipinski definition) is 5. The molecule has 0 spiro atoms. The van der Waals surface area contributed by atoms with Gasteiger partial charge in [-0.05, 0) is 91.9 Å². The number of hydrogen-bond donors (Lipinski definition) is 1. The number of carbonyl (C=O) groups is 2. The van der Waals surface area contributed by atoms with Crippen molar-refractivity contribution in [1.29, 1.82) is 0 Å². The SMILES string of the molecule is O=C(O)C(=O)OCCCC1CCN(CC2CC3c4ccccc4Cc4ccc(F)cc4C3O2)CC1. The van der Waals surface area contributed by atoms with E-state index in [1.165, 1.54) is 11.1 Å². The highest BCUT2D eigenvalue weighted by atomic mass is 19.1. The number of nitrogens with zero attached hydrogens (tertiary/aromatic N) is 1. The fourth-order valence-electron chi connectivity index (χ4n) is 6.06. The number of carboxylic acid groups (broad SMARTS) is 1. The fourth-order valence-corrected chi connectivity index (χ4v) is 6.06. The molecule has 2 heterocycles. The maximum absolute atomic E-state index is 14.2. The number of fused-ring (bicyclic) bond motifs is 5. The van der Waals surface area contributed by atoms with E-state index in [0.29, 0.717) is 12.3 Å². The van der Waals surface area contributed by atoms with Gasteiger partial charge in [0, 0.05) is 12.5 Å². The third-order valence-corrected chi connectivity index (χ3v) is 7.80. The Morgan fingerprint density at radius 1 is 1.09 bits per heavy atom. The molecule has 5 rings (SSSR count). The first kappa shape index (κ1) is 23.9. The highest BCUT2D eigenvalue weighted by Gasteiger charge is 2.41. The van der Waals surface area contributed by atoms with Crippen molar-refractivity contribution < 1.29 is 28.6 Å². The lowest BCUT2D eigenvalue weighted by Gasteiger charge is -2.33. The van der Waals surface area contributed by atoms with Crippen molar-refractivity contribution in [3.63, 3.8) is 0 Å². The smallest absolute Gasteiger partial charge is 0.417 e. The van der Waals surface area contributed by atoms with Crippen LogP contribution in [-0.2, 0) is 25.5 Å². The summed E-state index contributed by atoms with van der Waals surface area (Å²) in [6.45, 7) is 3.03. The highest BCUT2D eigenvalue weighted by Crippen LogP contribution is 2.49. The van der Waals surface area contributed by atoms with Gasteiger partial charge >= 0.3 is 11.9 Å². The summed E-state index contributed by atoms with van der Waals surface area (Å²) in [4.78, 5) is 24.0. The van der Waals surface area contributed by atoms with Gasteiger partial charge in [-0.25, -0.2) is 14.0 Å². The predicted octanol–water partition coefficient (Wildman–Crippen LogP) is 4.46. The van der Waals surface area contributed by atoms with Crippen LogP contribution in [-0.4, -0.2) is 54.3 Å².